The summed E-state index contributed by atoms with van der Waals surface area (Å²) in [5.41, 5.74) is 1.94. The number of carbonyl (C=O) groups excluding carboxylic acids is 1. The van der Waals surface area contributed by atoms with E-state index in [9.17, 15) is 9.18 Å². The third-order valence-electron chi connectivity index (χ3n) is 4.20. The molecule has 27 heavy (non-hydrogen) atoms. The molecule has 0 bridgehead atoms. The summed E-state index contributed by atoms with van der Waals surface area (Å²) in [6.45, 7) is 1.71. The number of carbonyl (C=O) groups is 1. The molecule has 0 spiro atoms. The molecule has 3 rings (SSSR count). The van der Waals surface area contributed by atoms with Gasteiger partial charge in [-0.3, -0.25) is 4.79 Å². The highest BCUT2D eigenvalue weighted by atomic mass is 32.2. The lowest BCUT2D eigenvalue weighted by molar-refractivity contribution is -0.123. The summed E-state index contributed by atoms with van der Waals surface area (Å²) in [7, 11) is 1.42. The summed E-state index contributed by atoms with van der Waals surface area (Å²) in [6.07, 6.45) is 0. The average Bonchev–Trinajstić information content (AvgIpc) is 3.21. The second-order valence-electron chi connectivity index (χ2n) is 6.11. The standard InChI is InChI=1S/C20H22FNO3S2/c1-13(15-5-8-18(24-2)17(21)11-15)22-19(23)12-25-16-6-3-14(4-7-16)20-26-9-10-27-20/h3-8,11,13,20H,9-10,12H2,1-2H3,(H,22,23)/t13-/m0/s1. The lowest BCUT2D eigenvalue weighted by Crippen LogP contribution is -2.31. The van der Waals surface area contributed by atoms with E-state index < -0.39 is 5.82 Å². The SMILES string of the molecule is COc1ccc([C@H](C)NC(=O)COc2ccc(C3SCCS3)cc2)cc1F. The number of methoxy groups -OCH3 is 1. The normalized spacial score (nSPS) is 15.4. The van der Waals surface area contributed by atoms with E-state index in [2.05, 4.69) is 5.32 Å². The summed E-state index contributed by atoms with van der Waals surface area (Å²) in [5.74, 6) is 2.49. The van der Waals surface area contributed by atoms with Gasteiger partial charge in [0.15, 0.2) is 18.2 Å². The Bertz CT molecular complexity index is 779. The Morgan fingerprint density at radius 2 is 1.93 bits per heavy atom. The first-order chi connectivity index (χ1) is 13.1. The fourth-order valence-corrected chi connectivity index (χ4v) is 5.60. The molecule has 144 valence electrons. The summed E-state index contributed by atoms with van der Waals surface area (Å²) >= 11 is 3.90. The molecular weight excluding hydrogens is 385 g/mol. The van der Waals surface area contributed by atoms with Crippen LogP contribution in [0.3, 0.4) is 0 Å². The number of nitrogens with one attached hydrogen (secondary N) is 1. The molecule has 4 nitrogen and oxygen atoms in total. The first-order valence-electron chi connectivity index (χ1n) is 8.65. The second kappa shape index (κ2) is 9.37. The third-order valence-corrected chi connectivity index (χ3v) is 7.30. The Balaban J connectivity index is 1.49. The van der Waals surface area contributed by atoms with Gasteiger partial charge in [-0.05, 0) is 42.3 Å². The number of halogens is 1. The monoisotopic (exact) mass is 407 g/mol. The van der Waals surface area contributed by atoms with Crippen molar-refractivity contribution in [3.8, 4) is 11.5 Å². The number of amides is 1. The van der Waals surface area contributed by atoms with Crippen molar-refractivity contribution in [3.63, 3.8) is 0 Å². The summed E-state index contributed by atoms with van der Waals surface area (Å²) in [5, 5.41) is 2.81. The van der Waals surface area contributed by atoms with Gasteiger partial charge in [-0.1, -0.05) is 18.2 Å². The molecule has 1 saturated heterocycles. The van der Waals surface area contributed by atoms with Crippen LogP contribution in [-0.2, 0) is 4.79 Å². The van der Waals surface area contributed by atoms with Gasteiger partial charge in [0.2, 0.25) is 0 Å². The molecule has 1 heterocycles. The van der Waals surface area contributed by atoms with E-state index in [-0.39, 0.29) is 24.3 Å². The van der Waals surface area contributed by atoms with Crippen molar-refractivity contribution in [3.05, 3.63) is 59.4 Å². The van der Waals surface area contributed by atoms with E-state index in [1.165, 1.54) is 30.2 Å². The van der Waals surface area contributed by atoms with Crippen molar-refractivity contribution < 1.29 is 18.7 Å². The highest BCUT2D eigenvalue weighted by Gasteiger charge is 2.18. The van der Waals surface area contributed by atoms with Gasteiger partial charge < -0.3 is 14.8 Å². The number of hydrogen-bond acceptors (Lipinski definition) is 5. The predicted molar refractivity (Wildman–Crippen MR) is 109 cm³/mol. The molecule has 7 heteroatoms. The van der Waals surface area contributed by atoms with E-state index in [4.69, 9.17) is 9.47 Å². The molecule has 0 aliphatic carbocycles. The zero-order valence-electron chi connectivity index (χ0n) is 15.2. The molecule has 0 radical (unpaired) electrons. The van der Waals surface area contributed by atoms with Crippen LogP contribution >= 0.6 is 23.5 Å². The molecule has 1 amide bonds. The molecule has 0 aromatic heterocycles. The van der Waals surface area contributed by atoms with Crippen molar-refractivity contribution >= 4 is 29.4 Å². The molecule has 1 aliphatic heterocycles. The van der Waals surface area contributed by atoms with Crippen molar-refractivity contribution in [1.29, 1.82) is 0 Å². The van der Waals surface area contributed by atoms with E-state index in [0.717, 1.165) is 0 Å². The molecule has 1 fully saturated rings. The Labute approximate surface area is 167 Å². The largest absolute Gasteiger partial charge is 0.494 e. The fraction of sp³-hybridized carbons (Fsp3) is 0.350. The highest BCUT2D eigenvalue weighted by Crippen LogP contribution is 2.45. The van der Waals surface area contributed by atoms with Crippen LogP contribution in [0.5, 0.6) is 11.5 Å². The number of hydrogen-bond donors (Lipinski definition) is 1. The van der Waals surface area contributed by atoms with E-state index in [1.54, 1.807) is 19.1 Å². The Kier molecular flexibility index (Phi) is 6.90. The molecule has 0 saturated carbocycles. The van der Waals surface area contributed by atoms with Gasteiger partial charge in [0.25, 0.3) is 5.91 Å². The summed E-state index contributed by atoms with van der Waals surface area (Å²) in [6, 6.07) is 12.2. The number of rotatable bonds is 7. The second-order valence-corrected chi connectivity index (χ2v) is 8.84. The topological polar surface area (TPSA) is 47.6 Å². The Morgan fingerprint density at radius 1 is 1.22 bits per heavy atom. The molecule has 1 aliphatic rings. The zero-order valence-corrected chi connectivity index (χ0v) is 16.9. The van der Waals surface area contributed by atoms with Crippen LogP contribution in [-0.4, -0.2) is 31.1 Å². The highest BCUT2D eigenvalue weighted by molar-refractivity contribution is 8.19. The first kappa shape index (κ1) is 19.9. The minimum atomic E-state index is -0.453. The van der Waals surface area contributed by atoms with Crippen molar-refractivity contribution in [2.75, 3.05) is 25.2 Å². The van der Waals surface area contributed by atoms with Crippen molar-refractivity contribution in [1.82, 2.24) is 5.32 Å². The maximum Gasteiger partial charge on any atom is 0.258 e. The number of benzene rings is 2. The van der Waals surface area contributed by atoms with Crippen LogP contribution < -0.4 is 14.8 Å². The quantitative estimate of drug-likeness (QED) is 0.729. The van der Waals surface area contributed by atoms with Crippen LogP contribution in [0.25, 0.3) is 0 Å². The summed E-state index contributed by atoms with van der Waals surface area (Å²) in [4.78, 5) is 12.1. The maximum atomic E-state index is 13.8. The molecule has 2 aromatic carbocycles. The molecule has 1 N–H and O–H groups in total. The first-order valence-corrected chi connectivity index (χ1v) is 10.8. The zero-order chi connectivity index (χ0) is 19.2. The van der Waals surface area contributed by atoms with Gasteiger partial charge in [0, 0.05) is 11.5 Å². The number of thioether (sulfide) groups is 2. The van der Waals surface area contributed by atoms with Crippen molar-refractivity contribution in [2.45, 2.75) is 17.5 Å². The number of ether oxygens (including phenoxy) is 2. The van der Waals surface area contributed by atoms with Crippen molar-refractivity contribution in [2.24, 2.45) is 0 Å². The van der Waals surface area contributed by atoms with Crippen LogP contribution in [0.4, 0.5) is 4.39 Å². The van der Waals surface area contributed by atoms with Crippen LogP contribution in [0.1, 0.15) is 28.7 Å². The van der Waals surface area contributed by atoms with Crippen LogP contribution in [0.15, 0.2) is 42.5 Å². The minimum Gasteiger partial charge on any atom is -0.494 e. The third kappa shape index (κ3) is 5.32. The van der Waals surface area contributed by atoms with Gasteiger partial charge in [-0.25, -0.2) is 4.39 Å². The van der Waals surface area contributed by atoms with Gasteiger partial charge >= 0.3 is 0 Å². The molecule has 0 unspecified atom stereocenters. The molecule has 2 aromatic rings. The lowest BCUT2D eigenvalue weighted by Gasteiger charge is -2.16. The van der Waals surface area contributed by atoms with Gasteiger partial charge in [-0.2, -0.15) is 0 Å². The fourth-order valence-electron chi connectivity index (χ4n) is 2.74. The lowest BCUT2D eigenvalue weighted by atomic mass is 10.1. The van der Waals surface area contributed by atoms with E-state index in [0.29, 0.717) is 15.9 Å². The van der Waals surface area contributed by atoms with E-state index in [1.807, 2.05) is 47.8 Å². The van der Waals surface area contributed by atoms with E-state index >= 15 is 0 Å². The Morgan fingerprint density at radius 3 is 2.56 bits per heavy atom. The smallest absolute Gasteiger partial charge is 0.258 e. The van der Waals surface area contributed by atoms with Gasteiger partial charge in [0.1, 0.15) is 5.75 Å². The van der Waals surface area contributed by atoms with Crippen LogP contribution in [0, 0.1) is 5.82 Å². The maximum absolute atomic E-state index is 13.8. The summed E-state index contributed by atoms with van der Waals surface area (Å²) < 4.78 is 24.8. The Hall–Kier alpha value is -1.86. The molecular formula is C20H22FNO3S2. The van der Waals surface area contributed by atoms with Gasteiger partial charge in [-0.15, -0.1) is 23.5 Å². The van der Waals surface area contributed by atoms with Crippen LogP contribution in [0.2, 0.25) is 0 Å². The molecule has 1 atom stereocenters. The average molecular weight is 408 g/mol. The predicted octanol–water partition coefficient (Wildman–Crippen LogP) is 4.57. The minimum absolute atomic E-state index is 0.0880. The van der Waals surface area contributed by atoms with Gasteiger partial charge in [0.05, 0.1) is 17.7 Å².